The van der Waals surface area contributed by atoms with Crippen LogP contribution >= 0.6 is 23.2 Å². The quantitative estimate of drug-likeness (QED) is 0.186. The summed E-state index contributed by atoms with van der Waals surface area (Å²) in [5.74, 6) is 2.58. The van der Waals surface area contributed by atoms with Gasteiger partial charge in [-0.3, -0.25) is 9.59 Å². The van der Waals surface area contributed by atoms with Crippen LogP contribution in [0, 0.1) is 13.8 Å². The Hall–Kier alpha value is -4.52. The van der Waals surface area contributed by atoms with Crippen LogP contribution < -0.4 is 20.1 Å². The third-order valence-electron chi connectivity index (χ3n) is 9.44. The number of anilines is 2. The molecule has 0 aliphatic carbocycles. The van der Waals surface area contributed by atoms with E-state index in [1.165, 1.54) is 0 Å². The topological polar surface area (TPSA) is 76.7 Å². The van der Waals surface area contributed by atoms with E-state index in [1.807, 2.05) is 62.4 Å². The van der Waals surface area contributed by atoms with Gasteiger partial charge in [-0.1, -0.05) is 70.8 Å². The molecule has 4 aromatic rings. The van der Waals surface area contributed by atoms with E-state index in [9.17, 15) is 9.59 Å². The number of halogens is 2. The molecule has 2 aliphatic rings. The minimum absolute atomic E-state index is 0.0941. The highest BCUT2D eigenvalue weighted by molar-refractivity contribution is 6.38. The first-order chi connectivity index (χ1) is 24.2. The lowest BCUT2D eigenvalue weighted by Gasteiger charge is -2.19. The summed E-state index contributed by atoms with van der Waals surface area (Å²) in [4.78, 5) is 25.0. The molecule has 4 aromatic carbocycles. The van der Waals surface area contributed by atoms with Crippen LogP contribution in [-0.4, -0.2) is 26.0 Å². The van der Waals surface area contributed by atoms with Crippen LogP contribution in [0.2, 0.25) is 10.0 Å². The Kier molecular flexibility index (Phi) is 11.4. The fraction of sp³-hybridized carbons (Fsp3) is 0.302. The summed E-state index contributed by atoms with van der Waals surface area (Å²) >= 11 is 12.5. The van der Waals surface area contributed by atoms with Crippen LogP contribution in [0.4, 0.5) is 11.4 Å². The first-order valence-corrected chi connectivity index (χ1v) is 18.0. The van der Waals surface area contributed by atoms with Crippen LogP contribution in [0.1, 0.15) is 109 Å². The Morgan fingerprint density at radius 2 is 1.02 bits per heavy atom. The predicted octanol–water partition coefficient (Wildman–Crippen LogP) is 11.7. The highest BCUT2D eigenvalue weighted by Gasteiger charge is 2.28. The van der Waals surface area contributed by atoms with Crippen molar-refractivity contribution in [2.75, 3.05) is 24.9 Å². The highest BCUT2D eigenvalue weighted by atomic mass is 35.5. The zero-order chi connectivity index (χ0) is 37.3. The minimum atomic E-state index is -0.0997. The molecular formula is C43H46Cl2N2O4. The summed E-state index contributed by atoms with van der Waals surface area (Å²) in [5, 5.41) is 7.17. The molecule has 0 radical (unpaired) electrons. The van der Waals surface area contributed by atoms with Crippen LogP contribution in [0.3, 0.4) is 0 Å². The second kappa shape index (κ2) is 15.4. The number of methoxy groups -OCH3 is 2. The van der Waals surface area contributed by atoms with E-state index in [1.54, 1.807) is 14.2 Å². The second-order valence-corrected chi connectivity index (χ2v) is 14.7. The maximum Gasteiger partial charge on any atom is 0.256 e. The van der Waals surface area contributed by atoms with Crippen molar-refractivity contribution < 1.29 is 19.1 Å². The van der Waals surface area contributed by atoms with Gasteiger partial charge in [-0.2, -0.15) is 0 Å². The summed E-state index contributed by atoms with van der Waals surface area (Å²) in [6, 6.07) is 17.5. The lowest BCUT2D eigenvalue weighted by Crippen LogP contribution is -2.04. The van der Waals surface area contributed by atoms with E-state index in [0.29, 0.717) is 38.9 Å². The van der Waals surface area contributed by atoms with Gasteiger partial charge in [0.15, 0.2) is 0 Å². The minimum Gasteiger partial charge on any atom is -0.496 e. The third kappa shape index (κ3) is 7.58. The van der Waals surface area contributed by atoms with Gasteiger partial charge in [0.2, 0.25) is 0 Å². The van der Waals surface area contributed by atoms with E-state index in [4.69, 9.17) is 32.7 Å². The molecule has 0 saturated carbocycles. The van der Waals surface area contributed by atoms with Crippen LogP contribution in [0.25, 0.3) is 23.3 Å². The summed E-state index contributed by atoms with van der Waals surface area (Å²) in [6.45, 7) is 16.7. The summed E-state index contributed by atoms with van der Waals surface area (Å²) in [5.41, 5.74) is 11.9. The number of fused-ring (bicyclic) bond motifs is 2. The lowest BCUT2D eigenvalue weighted by molar-refractivity contribution is -0.111. The molecule has 2 aliphatic heterocycles. The first-order valence-electron chi connectivity index (χ1n) is 17.2. The summed E-state index contributed by atoms with van der Waals surface area (Å²) < 4.78 is 11.1. The Balaban J connectivity index is 0.000000199. The van der Waals surface area contributed by atoms with E-state index >= 15 is 0 Å². The average Bonchev–Trinajstić information content (AvgIpc) is 3.59. The first kappa shape index (κ1) is 37.7. The van der Waals surface area contributed by atoms with Gasteiger partial charge in [-0.05, 0) is 131 Å². The van der Waals surface area contributed by atoms with Crippen molar-refractivity contribution in [3.05, 3.63) is 115 Å². The third-order valence-corrected chi connectivity index (χ3v) is 10.3. The lowest BCUT2D eigenvalue weighted by atomic mass is 9.90. The highest BCUT2D eigenvalue weighted by Crippen LogP contribution is 2.42. The molecule has 6 rings (SSSR count). The molecule has 0 bridgehead atoms. The van der Waals surface area contributed by atoms with Crippen LogP contribution in [0.5, 0.6) is 11.5 Å². The smallest absolute Gasteiger partial charge is 0.256 e. The second-order valence-electron chi connectivity index (χ2n) is 13.9. The molecule has 0 aromatic heterocycles. The molecule has 0 spiro atoms. The summed E-state index contributed by atoms with van der Waals surface area (Å²) in [6.07, 6.45) is 3.87. The maximum absolute atomic E-state index is 12.6. The van der Waals surface area contributed by atoms with Crippen molar-refractivity contribution in [3.63, 3.8) is 0 Å². The number of nitrogens with one attached hydrogen (secondary N) is 2. The van der Waals surface area contributed by atoms with Crippen molar-refractivity contribution in [2.24, 2.45) is 0 Å². The van der Waals surface area contributed by atoms with E-state index in [0.717, 1.165) is 72.9 Å². The molecule has 266 valence electrons. The number of hydrogen-bond acceptors (Lipinski definition) is 4. The predicted molar refractivity (Wildman–Crippen MR) is 214 cm³/mol. The molecule has 51 heavy (non-hydrogen) atoms. The molecule has 0 atom stereocenters. The van der Waals surface area contributed by atoms with Gasteiger partial charge in [0, 0.05) is 43.7 Å². The van der Waals surface area contributed by atoms with E-state index in [2.05, 4.69) is 70.4 Å². The number of rotatable bonds is 7. The van der Waals surface area contributed by atoms with Crippen molar-refractivity contribution >= 4 is 69.7 Å². The zero-order valence-electron chi connectivity index (χ0n) is 31.0. The van der Waals surface area contributed by atoms with Crippen molar-refractivity contribution in [3.8, 4) is 11.5 Å². The summed E-state index contributed by atoms with van der Waals surface area (Å²) in [7, 11) is 3.39. The Morgan fingerprint density at radius 3 is 1.43 bits per heavy atom. The van der Waals surface area contributed by atoms with Gasteiger partial charge in [0.1, 0.15) is 11.5 Å². The van der Waals surface area contributed by atoms with E-state index < -0.39 is 0 Å². The number of hydrogen-bond donors (Lipinski definition) is 2. The SMILES string of the molecule is COc1c(C(C)C)cc(C=C2C(=O)Nc3ccc(Cl)c(C)c32)cc1C(C)C.COc1ccc(C=C2C(=O)Nc3ccc(Cl)c(C)c32)cc1C(C)C. The Morgan fingerprint density at radius 1 is 0.588 bits per heavy atom. The van der Waals surface area contributed by atoms with Crippen LogP contribution in [-0.2, 0) is 9.59 Å². The normalized spacial score (nSPS) is 14.9. The van der Waals surface area contributed by atoms with Gasteiger partial charge < -0.3 is 20.1 Å². The van der Waals surface area contributed by atoms with Crippen LogP contribution in [0.15, 0.2) is 54.6 Å². The van der Waals surface area contributed by atoms with Crippen molar-refractivity contribution in [1.82, 2.24) is 0 Å². The van der Waals surface area contributed by atoms with Gasteiger partial charge in [-0.15, -0.1) is 0 Å². The molecule has 0 saturated heterocycles. The largest absolute Gasteiger partial charge is 0.496 e. The molecule has 6 nitrogen and oxygen atoms in total. The molecule has 0 fully saturated rings. The standard InChI is InChI=1S/C23H26ClNO2.C20H20ClNO2/c1-12(2)16-9-15(10-17(13(3)4)22(16)27-6)11-18-21-14(5)19(24)7-8-20(21)25-23(18)26;1-11(2)14-9-13(5-8-18(14)24-4)10-15-19-12(3)16(21)6-7-17(19)22-20(15)23/h7-13H,1-6H3,(H,25,26);5-11H,1-4H3,(H,22,23). The number of ether oxygens (including phenoxy) is 2. The Labute approximate surface area is 311 Å². The van der Waals surface area contributed by atoms with Gasteiger partial charge in [0.05, 0.1) is 14.2 Å². The zero-order valence-corrected chi connectivity index (χ0v) is 32.5. The van der Waals surface area contributed by atoms with Gasteiger partial charge in [0.25, 0.3) is 11.8 Å². The maximum atomic E-state index is 12.6. The molecule has 2 N–H and O–H groups in total. The average molecular weight is 726 g/mol. The van der Waals surface area contributed by atoms with Crippen molar-refractivity contribution in [1.29, 1.82) is 0 Å². The number of amides is 2. The Bertz CT molecular complexity index is 2060. The van der Waals surface area contributed by atoms with Crippen molar-refractivity contribution in [2.45, 2.75) is 73.1 Å². The fourth-order valence-corrected chi connectivity index (χ4v) is 6.97. The molecule has 2 heterocycles. The molecular weight excluding hydrogens is 679 g/mol. The molecule has 0 unspecified atom stereocenters. The number of benzene rings is 4. The fourth-order valence-electron chi connectivity index (χ4n) is 6.66. The van der Waals surface area contributed by atoms with Gasteiger partial charge in [-0.25, -0.2) is 0 Å². The molecule has 8 heteroatoms. The molecule has 2 amide bonds. The van der Waals surface area contributed by atoms with Gasteiger partial charge >= 0.3 is 0 Å². The number of carbonyl (C=O) groups is 2. The van der Waals surface area contributed by atoms with E-state index in [-0.39, 0.29) is 11.8 Å². The monoisotopic (exact) mass is 724 g/mol. The number of carbonyl (C=O) groups excluding carboxylic acids is 2.